The number of aromatic nitrogens is 3. The molecule has 2 aromatic heterocycles. The van der Waals surface area contributed by atoms with Crippen LogP contribution in [0.1, 0.15) is 43.1 Å². The molecule has 4 nitrogen and oxygen atoms in total. The van der Waals surface area contributed by atoms with Crippen LogP contribution in [-0.4, -0.2) is 21.1 Å². The van der Waals surface area contributed by atoms with Gasteiger partial charge in [0, 0.05) is 24.6 Å². The molecular formula is C14H18N4. The van der Waals surface area contributed by atoms with E-state index in [1.54, 1.807) is 0 Å². The summed E-state index contributed by atoms with van der Waals surface area (Å²) < 4.78 is 2.26. The first-order valence-corrected chi connectivity index (χ1v) is 6.51. The van der Waals surface area contributed by atoms with E-state index >= 15 is 0 Å². The molecule has 94 valence electrons. The van der Waals surface area contributed by atoms with E-state index in [1.165, 1.54) is 24.1 Å². The zero-order valence-corrected chi connectivity index (χ0v) is 10.6. The third kappa shape index (κ3) is 2.04. The fourth-order valence-electron chi connectivity index (χ4n) is 2.65. The van der Waals surface area contributed by atoms with E-state index in [-0.39, 0.29) is 0 Å². The molecule has 2 aromatic rings. The van der Waals surface area contributed by atoms with Gasteiger partial charge < -0.3 is 9.88 Å². The van der Waals surface area contributed by atoms with E-state index in [0.717, 1.165) is 6.54 Å². The largest absolute Gasteiger partial charge is 0.326 e. The highest BCUT2D eigenvalue weighted by Crippen LogP contribution is 2.27. The second kappa shape index (κ2) is 4.90. The molecule has 2 atom stereocenters. The van der Waals surface area contributed by atoms with Gasteiger partial charge in [-0.3, -0.25) is 4.98 Å². The van der Waals surface area contributed by atoms with Gasteiger partial charge in [-0.05, 0) is 44.0 Å². The molecular weight excluding hydrogens is 224 g/mol. The minimum atomic E-state index is 0.299. The van der Waals surface area contributed by atoms with Crippen LogP contribution >= 0.6 is 0 Å². The maximum atomic E-state index is 4.32. The maximum absolute atomic E-state index is 4.32. The average molecular weight is 242 g/mol. The lowest BCUT2D eigenvalue weighted by molar-refractivity contribution is 0.538. The van der Waals surface area contributed by atoms with Crippen molar-refractivity contribution in [1.29, 1.82) is 0 Å². The van der Waals surface area contributed by atoms with Crippen molar-refractivity contribution in [2.45, 2.75) is 31.8 Å². The van der Waals surface area contributed by atoms with E-state index in [4.69, 9.17) is 0 Å². The molecule has 1 N–H and O–H groups in total. The van der Waals surface area contributed by atoms with Crippen LogP contribution in [0.15, 0.2) is 37.1 Å². The molecule has 0 amide bonds. The summed E-state index contributed by atoms with van der Waals surface area (Å²) in [7, 11) is 0. The predicted octanol–water partition coefficient (Wildman–Crippen LogP) is 2.31. The second-order valence-electron chi connectivity index (χ2n) is 4.83. The van der Waals surface area contributed by atoms with Crippen LogP contribution in [0.25, 0.3) is 0 Å². The van der Waals surface area contributed by atoms with Gasteiger partial charge >= 0.3 is 0 Å². The quantitative estimate of drug-likeness (QED) is 0.898. The zero-order chi connectivity index (χ0) is 12.4. The van der Waals surface area contributed by atoms with Crippen molar-refractivity contribution >= 4 is 0 Å². The molecule has 0 aliphatic carbocycles. The molecule has 1 aliphatic heterocycles. The smallest absolute Gasteiger partial charge is 0.0954 e. The number of hydrogen-bond acceptors (Lipinski definition) is 3. The Morgan fingerprint density at radius 3 is 2.89 bits per heavy atom. The fourth-order valence-corrected chi connectivity index (χ4v) is 2.65. The van der Waals surface area contributed by atoms with Crippen molar-refractivity contribution in [2.75, 3.05) is 6.54 Å². The van der Waals surface area contributed by atoms with E-state index in [2.05, 4.69) is 38.9 Å². The Morgan fingerprint density at radius 2 is 2.17 bits per heavy atom. The standard InChI is InChI=1S/C14H18N4/c1-11(12-4-7-15-8-5-12)18-10-16-9-14(18)13-3-2-6-17-13/h4-5,7-11,13,17H,2-3,6H2,1H3/t11?,13-/m0/s1. The van der Waals surface area contributed by atoms with Gasteiger partial charge in [0.25, 0.3) is 0 Å². The van der Waals surface area contributed by atoms with Gasteiger partial charge in [-0.15, -0.1) is 0 Å². The molecule has 3 heterocycles. The first-order valence-electron chi connectivity index (χ1n) is 6.51. The molecule has 0 aromatic carbocycles. The third-order valence-electron chi connectivity index (χ3n) is 3.72. The highest BCUT2D eigenvalue weighted by atomic mass is 15.1. The molecule has 0 spiro atoms. The zero-order valence-electron chi connectivity index (χ0n) is 10.6. The van der Waals surface area contributed by atoms with Gasteiger partial charge in [0.1, 0.15) is 0 Å². The molecule has 1 unspecified atom stereocenters. The number of nitrogens with one attached hydrogen (secondary N) is 1. The normalized spacial score (nSPS) is 21.1. The van der Waals surface area contributed by atoms with Gasteiger partial charge in [0.15, 0.2) is 0 Å². The Kier molecular flexibility index (Phi) is 3.11. The number of pyridine rings is 1. The Morgan fingerprint density at radius 1 is 1.33 bits per heavy atom. The van der Waals surface area contributed by atoms with Gasteiger partial charge in [-0.1, -0.05) is 0 Å². The molecule has 0 bridgehead atoms. The van der Waals surface area contributed by atoms with E-state index in [9.17, 15) is 0 Å². The number of rotatable bonds is 3. The van der Waals surface area contributed by atoms with Crippen molar-refractivity contribution < 1.29 is 0 Å². The van der Waals surface area contributed by atoms with E-state index < -0.39 is 0 Å². The first-order chi connectivity index (χ1) is 8.86. The van der Waals surface area contributed by atoms with Crippen LogP contribution in [0.4, 0.5) is 0 Å². The lowest BCUT2D eigenvalue weighted by Crippen LogP contribution is -2.18. The van der Waals surface area contributed by atoms with Crippen molar-refractivity contribution in [1.82, 2.24) is 19.9 Å². The van der Waals surface area contributed by atoms with Crippen LogP contribution < -0.4 is 5.32 Å². The Bertz CT molecular complexity index is 500. The molecule has 3 rings (SSSR count). The van der Waals surface area contributed by atoms with Crippen LogP contribution in [0.2, 0.25) is 0 Å². The molecule has 1 saturated heterocycles. The monoisotopic (exact) mass is 242 g/mol. The summed E-state index contributed by atoms with van der Waals surface area (Å²) in [4.78, 5) is 8.39. The minimum absolute atomic E-state index is 0.299. The SMILES string of the molecule is CC(c1ccncc1)n1cncc1[C@@H]1CCCN1. The van der Waals surface area contributed by atoms with Gasteiger partial charge in [0.2, 0.25) is 0 Å². The summed E-state index contributed by atoms with van der Waals surface area (Å²) in [6.45, 7) is 3.31. The third-order valence-corrected chi connectivity index (χ3v) is 3.72. The topological polar surface area (TPSA) is 42.7 Å². The number of hydrogen-bond donors (Lipinski definition) is 1. The lowest BCUT2D eigenvalue weighted by atomic mass is 10.1. The molecule has 18 heavy (non-hydrogen) atoms. The van der Waals surface area contributed by atoms with Gasteiger partial charge in [-0.2, -0.15) is 0 Å². The Hall–Kier alpha value is -1.68. The molecule has 0 saturated carbocycles. The summed E-state index contributed by atoms with van der Waals surface area (Å²) in [5.41, 5.74) is 2.55. The number of nitrogens with zero attached hydrogens (tertiary/aromatic N) is 3. The fraction of sp³-hybridized carbons (Fsp3) is 0.429. The van der Waals surface area contributed by atoms with E-state index in [0.29, 0.717) is 12.1 Å². The van der Waals surface area contributed by atoms with E-state index in [1.807, 2.05) is 24.9 Å². The highest BCUT2D eigenvalue weighted by Gasteiger charge is 2.21. The molecule has 1 aliphatic rings. The Labute approximate surface area is 107 Å². The van der Waals surface area contributed by atoms with Crippen LogP contribution in [0.3, 0.4) is 0 Å². The Balaban J connectivity index is 1.90. The van der Waals surface area contributed by atoms with Crippen molar-refractivity contribution in [3.8, 4) is 0 Å². The summed E-state index contributed by atoms with van der Waals surface area (Å²) in [5.74, 6) is 0. The summed E-state index contributed by atoms with van der Waals surface area (Å²) in [5, 5.41) is 3.53. The number of imidazole rings is 1. The molecule has 4 heteroatoms. The molecule has 0 radical (unpaired) electrons. The first kappa shape index (κ1) is 11.4. The molecule has 1 fully saturated rings. The van der Waals surface area contributed by atoms with Gasteiger partial charge in [0.05, 0.1) is 18.1 Å². The van der Waals surface area contributed by atoms with Gasteiger partial charge in [-0.25, -0.2) is 4.98 Å². The van der Waals surface area contributed by atoms with Crippen molar-refractivity contribution in [3.63, 3.8) is 0 Å². The van der Waals surface area contributed by atoms with Crippen molar-refractivity contribution in [3.05, 3.63) is 48.3 Å². The lowest BCUT2D eigenvalue weighted by Gasteiger charge is -2.20. The van der Waals surface area contributed by atoms with Crippen LogP contribution in [0.5, 0.6) is 0 Å². The van der Waals surface area contributed by atoms with Crippen LogP contribution in [-0.2, 0) is 0 Å². The predicted molar refractivity (Wildman–Crippen MR) is 70.3 cm³/mol. The summed E-state index contributed by atoms with van der Waals surface area (Å²) in [6, 6.07) is 4.89. The second-order valence-corrected chi connectivity index (χ2v) is 4.83. The van der Waals surface area contributed by atoms with Crippen molar-refractivity contribution in [2.24, 2.45) is 0 Å². The average Bonchev–Trinajstić information content (AvgIpc) is 3.09. The maximum Gasteiger partial charge on any atom is 0.0954 e. The summed E-state index contributed by atoms with van der Waals surface area (Å²) in [6.07, 6.45) is 10.1. The highest BCUT2D eigenvalue weighted by molar-refractivity contribution is 5.19. The minimum Gasteiger partial charge on any atom is -0.326 e. The summed E-state index contributed by atoms with van der Waals surface area (Å²) >= 11 is 0. The van der Waals surface area contributed by atoms with Crippen LogP contribution in [0, 0.1) is 0 Å².